The Balaban J connectivity index is 1.66. The Morgan fingerprint density at radius 2 is 1.20 bits per heavy atom. The van der Waals surface area contributed by atoms with E-state index < -0.39 is 5.41 Å². The van der Waals surface area contributed by atoms with Gasteiger partial charge in [-0.25, -0.2) is 0 Å². The minimum Gasteiger partial charge on any atom is -0.493 e. The predicted octanol–water partition coefficient (Wildman–Crippen LogP) is 7.99. The molecule has 2 amide bonds. The van der Waals surface area contributed by atoms with E-state index in [0.717, 1.165) is 15.0 Å². The number of carbonyl (C=O) groups is 2. The lowest BCUT2D eigenvalue weighted by Gasteiger charge is -2.27. The van der Waals surface area contributed by atoms with Gasteiger partial charge in [0, 0.05) is 33.4 Å². The molecule has 0 saturated heterocycles. The largest absolute Gasteiger partial charge is 0.493 e. The van der Waals surface area contributed by atoms with Crippen LogP contribution in [0.4, 0.5) is 11.4 Å². The van der Waals surface area contributed by atoms with Crippen molar-refractivity contribution in [2.24, 2.45) is 5.41 Å². The first-order chi connectivity index (χ1) is 19.0. The van der Waals surface area contributed by atoms with Crippen molar-refractivity contribution < 1.29 is 19.1 Å². The maximum absolute atomic E-state index is 13.8. The first kappa shape index (κ1) is 29.2. The van der Waals surface area contributed by atoms with Crippen molar-refractivity contribution >= 4 is 44.6 Å². The lowest BCUT2D eigenvalue weighted by atomic mass is 9.83. The summed E-state index contributed by atoms with van der Waals surface area (Å²) in [5, 5.41) is 6.96. The SMILES string of the molecule is COc1cc2cc(CC(C)(C(=O)Nc3ccc(C(C)C)cc3)C(=O)Nc3ccc(C(C)C)cc3)sc2cc1OC. The van der Waals surface area contributed by atoms with Crippen molar-refractivity contribution in [1.82, 2.24) is 0 Å². The third-order valence-electron chi connectivity index (χ3n) is 7.27. The maximum Gasteiger partial charge on any atom is 0.240 e. The van der Waals surface area contributed by atoms with E-state index in [9.17, 15) is 9.59 Å². The summed E-state index contributed by atoms with van der Waals surface area (Å²) < 4.78 is 11.9. The Labute approximate surface area is 240 Å². The van der Waals surface area contributed by atoms with Gasteiger partial charge in [-0.3, -0.25) is 9.59 Å². The summed E-state index contributed by atoms with van der Waals surface area (Å²) in [6.07, 6.45) is 0.225. The highest BCUT2D eigenvalue weighted by molar-refractivity contribution is 7.19. The summed E-state index contributed by atoms with van der Waals surface area (Å²) >= 11 is 1.54. The molecule has 1 aromatic heterocycles. The van der Waals surface area contributed by atoms with E-state index in [0.29, 0.717) is 34.7 Å². The molecule has 6 nitrogen and oxygen atoms in total. The van der Waals surface area contributed by atoms with E-state index >= 15 is 0 Å². The molecule has 7 heteroatoms. The molecule has 40 heavy (non-hydrogen) atoms. The third-order valence-corrected chi connectivity index (χ3v) is 8.37. The minimum atomic E-state index is -1.39. The van der Waals surface area contributed by atoms with E-state index in [-0.39, 0.29) is 18.2 Å². The second kappa shape index (κ2) is 12.1. The number of benzene rings is 3. The molecule has 2 N–H and O–H groups in total. The minimum absolute atomic E-state index is 0.225. The van der Waals surface area contributed by atoms with Gasteiger partial charge in [0.15, 0.2) is 11.5 Å². The molecule has 0 saturated carbocycles. The quantitative estimate of drug-likeness (QED) is 0.193. The summed E-state index contributed by atoms with van der Waals surface area (Å²) in [4.78, 5) is 28.6. The maximum atomic E-state index is 13.8. The Bertz CT molecular complexity index is 1380. The van der Waals surface area contributed by atoms with Crippen molar-refractivity contribution in [1.29, 1.82) is 0 Å². The van der Waals surface area contributed by atoms with Crippen molar-refractivity contribution in [3.05, 3.63) is 82.7 Å². The molecule has 3 aromatic carbocycles. The Morgan fingerprint density at radius 3 is 1.62 bits per heavy atom. The van der Waals surface area contributed by atoms with Crippen LogP contribution < -0.4 is 20.1 Å². The summed E-state index contributed by atoms with van der Waals surface area (Å²) in [6.45, 7) is 10.2. The van der Waals surface area contributed by atoms with Gasteiger partial charge in [-0.15, -0.1) is 11.3 Å². The van der Waals surface area contributed by atoms with Crippen LogP contribution in [-0.4, -0.2) is 26.0 Å². The number of hydrogen-bond acceptors (Lipinski definition) is 5. The molecule has 0 aliphatic heterocycles. The van der Waals surface area contributed by atoms with Crippen molar-refractivity contribution in [3.63, 3.8) is 0 Å². The normalized spacial score (nSPS) is 11.6. The van der Waals surface area contributed by atoms with Gasteiger partial charge >= 0.3 is 0 Å². The van der Waals surface area contributed by atoms with Crippen LogP contribution in [0.15, 0.2) is 66.7 Å². The Kier molecular flexibility index (Phi) is 8.84. The van der Waals surface area contributed by atoms with Crippen molar-refractivity contribution in [2.45, 2.75) is 52.9 Å². The highest BCUT2D eigenvalue weighted by Crippen LogP contribution is 2.39. The Hall–Kier alpha value is -3.84. The molecule has 4 rings (SSSR count). The molecule has 0 bridgehead atoms. The second-order valence-corrected chi connectivity index (χ2v) is 12.1. The average molecular weight is 559 g/mol. The van der Waals surface area contributed by atoms with Gasteiger partial charge in [-0.2, -0.15) is 0 Å². The standard InChI is InChI=1S/C33H38N2O4S/c1-20(2)22-8-12-25(13-9-22)34-31(36)33(5,32(37)35-26-14-10-23(11-15-26)21(3)4)19-27-16-24-17-28(38-6)29(39-7)18-30(24)40-27/h8-18,20-21H,19H2,1-7H3,(H,34,36)(H,35,37). The van der Waals surface area contributed by atoms with Crippen LogP contribution in [0.1, 0.15) is 62.5 Å². The van der Waals surface area contributed by atoms with Crippen LogP contribution in [0.2, 0.25) is 0 Å². The number of carbonyl (C=O) groups excluding carboxylic acids is 2. The third kappa shape index (κ3) is 6.31. The molecule has 0 atom stereocenters. The fourth-order valence-electron chi connectivity index (χ4n) is 4.56. The fraction of sp³-hybridized carbons (Fsp3) is 0.333. The topological polar surface area (TPSA) is 76.7 Å². The number of nitrogens with one attached hydrogen (secondary N) is 2. The number of amides is 2. The number of thiophene rings is 1. The van der Waals surface area contributed by atoms with E-state index in [1.54, 1.807) is 21.1 Å². The number of anilines is 2. The smallest absolute Gasteiger partial charge is 0.240 e. The summed E-state index contributed by atoms with van der Waals surface area (Å²) in [7, 11) is 3.20. The van der Waals surface area contributed by atoms with Gasteiger partial charge < -0.3 is 20.1 Å². The molecule has 0 aliphatic rings. The second-order valence-electron chi connectivity index (χ2n) is 10.9. The fourth-order valence-corrected chi connectivity index (χ4v) is 5.79. The first-order valence-electron chi connectivity index (χ1n) is 13.5. The molecule has 0 radical (unpaired) electrons. The number of rotatable bonds is 10. The van der Waals surface area contributed by atoms with Crippen LogP contribution in [-0.2, 0) is 16.0 Å². The van der Waals surface area contributed by atoms with Crippen molar-refractivity contribution in [3.8, 4) is 11.5 Å². The Morgan fingerprint density at radius 1 is 0.750 bits per heavy atom. The van der Waals surface area contributed by atoms with Gasteiger partial charge in [0.2, 0.25) is 11.8 Å². The van der Waals surface area contributed by atoms with E-state index in [1.165, 1.54) is 22.5 Å². The number of methoxy groups -OCH3 is 2. The molecule has 210 valence electrons. The molecule has 0 unspecified atom stereocenters. The van der Waals surface area contributed by atoms with Gasteiger partial charge in [0.1, 0.15) is 5.41 Å². The number of ether oxygens (including phenoxy) is 2. The first-order valence-corrected chi connectivity index (χ1v) is 14.3. The van der Waals surface area contributed by atoms with Crippen LogP contribution >= 0.6 is 11.3 Å². The lowest BCUT2D eigenvalue weighted by molar-refractivity contribution is -0.136. The van der Waals surface area contributed by atoms with Crippen molar-refractivity contribution in [2.75, 3.05) is 24.9 Å². The number of fused-ring (bicyclic) bond motifs is 1. The monoisotopic (exact) mass is 558 g/mol. The summed E-state index contributed by atoms with van der Waals surface area (Å²) in [5.41, 5.74) is 2.28. The number of hydrogen-bond donors (Lipinski definition) is 2. The van der Waals surface area contributed by atoms with Crippen LogP contribution in [0.25, 0.3) is 10.1 Å². The van der Waals surface area contributed by atoms with Gasteiger partial charge in [0.05, 0.1) is 14.2 Å². The van der Waals surface area contributed by atoms with Crippen LogP contribution in [0, 0.1) is 5.41 Å². The zero-order valence-electron chi connectivity index (χ0n) is 24.3. The van der Waals surface area contributed by atoms with Gasteiger partial charge in [0.25, 0.3) is 0 Å². The molecule has 0 fully saturated rings. The summed E-state index contributed by atoms with van der Waals surface area (Å²) in [6, 6.07) is 21.4. The molecular formula is C33H38N2O4S. The van der Waals surface area contributed by atoms with Gasteiger partial charge in [-0.05, 0) is 71.7 Å². The highest BCUT2D eigenvalue weighted by Gasteiger charge is 2.42. The zero-order valence-corrected chi connectivity index (χ0v) is 25.1. The predicted molar refractivity (Wildman–Crippen MR) is 165 cm³/mol. The molecular weight excluding hydrogens is 520 g/mol. The highest BCUT2D eigenvalue weighted by atomic mass is 32.1. The molecule has 1 heterocycles. The van der Waals surface area contributed by atoms with E-state index in [2.05, 4.69) is 38.3 Å². The lowest BCUT2D eigenvalue weighted by Crippen LogP contribution is -2.45. The zero-order chi connectivity index (χ0) is 29.0. The molecule has 0 spiro atoms. The average Bonchev–Trinajstić information content (AvgIpc) is 3.33. The van der Waals surface area contributed by atoms with E-state index in [1.807, 2.05) is 66.7 Å². The molecule has 4 aromatic rings. The van der Waals surface area contributed by atoms with E-state index in [4.69, 9.17) is 9.47 Å². The van der Waals surface area contributed by atoms with Crippen LogP contribution in [0.3, 0.4) is 0 Å². The van der Waals surface area contributed by atoms with Crippen LogP contribution in [0.5, 0.6) is 11.5 Å². The summed E-state index contributed by atoms with van der Waals surface area (Å²) in [5.74, 6) is 1.30. The molecule has 0 aliphatic carbocycles. The van der Waals surface area contributed by atoms with Gasteiger partial charge in [-0.1, -0.05) is 52.0 Å².